The lowest BCUT2D eigenvalue weighted by Crippen LogP contribution is -2.47. The molecule has 0 saturated carbocycles. The molecule has 1 saturated heterocycles. The van der Waals surface area contributed by atoms with Gasteiger partial charge in [0.2, 0.25) is 0 Å². The number of nitrogens with zero attached hydrogens (tertiary/aromatic N) is 3. The second-order valence-electron chi connectivity index (χ2n) is 7.89. The van der Waals surface area contributed by atoms with Crippen LogP contribution in [0.3, 0.4) is 0 Å². The fourth-order valence-electron chi connectivity index (χ4n) is 4.15. The second kappa shape index (κ2) is 10.2. The van der Waals surface area contributed by atoms with E-state index in [4.69, 9.17) is 14.2 Å². The molecule has 31 heavy (non-hydrogen) atoms. The zero-order chi connectivity index (χ0) is 22.5. The molecule has 3 rings (SSSR count). The number of hydrogen-bond acceptors (Lipinski definition) is 7. The summed E-state index contributed by atoms with van der Waals surface area (Å²) in [5.74, 6) is 1.22. The van der Waals surface area contributed by atoms with Crippen molar-refractivity contribution in [2.75, 3.05) is 61.2 Å². The zero-order valence-electron chi connectivity index (χ0n) is 19.1. The number of pyridine rings is 1. The van der Waals surface area contributed by atoms with Crippen molar-refractivity contribution < 1.29 is 19.3 Å². The molecular weight excluding hydrogens is 398 g/mol. The van der Waals surface area contributed by atoms with E-state index >= 15 is 0 Å². The molecule has 0 spiro atoms. The van der Waals surface area contributed by atoms with Gasteiger partial charge in [0.1, 0.15) is 5.75 Å². The minimum absolute atomic E-state index is 0.00915. The normalized spacial score (nSPS) is 16.3. The van der Waals surface area contributed by atoms with Crippen LogP contribution in [0.25, 0.3) is 0 Å². The zero-order valence-corrected chi connectivity index (χ0v) is 19.1. The Labute approximate surface area is 183 Å². The third kappa shape index (κ3) is 4.87. The predicted octanol–water partition coefficient (Wildman–Crippen LogP) is 1.86. The van der Waals surface area contributed by atoms with Crippen LogP contribution in [0.5, 0.6) is 17.2 Å². The molecule has 8 heteroatoms. The van der Waals surface area contributed by atoms with Crippen molar-refractivity contribution in [2.24, 2.45) is 0 Å². The van der Waals surface area contributed by atoms with Gasteiger partial charge in [0.15, 0.2) is 11.5 Å². The molecular formula is C23H33N3O5. The highest BCUT2D eigenvalue weighted by atomic mass is 16.5. The minimum atomic E-state index is -0.407. The van der Waals surface area contributed by atoms with Crippen LogP contribution < -0.4 is 15.0 Å². The molecule has 1 unspecified atom stereocenters. The molecule has 1 aliphatic rings. The molecule has 2 heterocycles. The third-order valence-electron chi connectivity index (χ3n) is 5.94. The first-order chi connectivity index (χ1) is 14.9. The summed E-state index contributed by atoms with van der Waals surface area (Å²) in [6.45, 7) is 5.99. The van der Waals surface area contributed by atoms with E-state index in [1.54, 1.807) is 32.0 Å². The van der Waals surface area contributed by atoms with Gasteiger partial charge in [-0.2, -0.15) is 0 Å². The Morgan fingerprint density at radius 1 is 1.03 bits per heavy atom. The Hall–Kier alpha value is -2.55. The largest absolute Gasteiger partial charge is 0.507 e. The molecule has 8 nitrogen and oxygen atoms in total. The number of piperazine rings is 1. The highest BCUT2D eigenvalue weighted by Gasteiger charge is 2.31. The van der Waals surface area contributed by atoms with Crippen LogP contribution in [0.1, 0.15) is 22.9 Å². The van der Waals surface area contributed by atoms with Crippen molar-refractivity contribution >= 4 is 0 Å². The fourth-order valence-corrected chi connectivity index (χ4v) is 4.15. The lowest BCUT2D eigenvalue weighted by atomic mass is 9.95. The van der Waals surface area contributed by atoms with E-state index in [1.165, 1.54) is 0 Å². The van der Waals surface area contributed by atoms with E-state index < -0.39 is 6.04 Å². The summed E-state index contributed by atoms with van der Waals surface area (Å²) >= 11 is 0. The Kier molecular flexibility index (Phi) is 7.59. The molecule has 1 aromatic heterocycles. The maximum absolute atomic E-state index is 13.6. The lowest BCUT2D eigenvalue weighted by molar-refractivity contribution is 0.125. The summed E-state index contributed by atoms with van der Waals surface area (Å²) in [6.07, 6.45) is 0. The molecule has 0 amide bonds. The van der Waals surface area contributed by atoms with Crippen molar-refractivity contribution in [3.05, 3.63) is 51.4 Å². The maximum Gasteiger partial charge on any atom is 0.259 e. The summed E-state index contributed by atoms with van der Waals surface area (Å²) < 4.78 is 17.8. The van der Waals surface area contributed by atoms with Crippen LogP contribution >= 0.6 is 0 Å². The van der Waals surface area contributed by atoms with Crippen molar-refractivity contribution in [3.8, 4) is 17.2 Å². The van der Waals surface area contributed by atoms with Crippen molar-refractivity contribution in [1.29, 1.82) is 0 Å². The number of hydrogen-bond donors (Lipinski definition) is 1. The van der Waals surface area contributed by atoms with E-state index in [1.807, 2.05) is 25.1 Å². The van der Waals surface area contributed by atoms with Crippen LogP contribution in [-0.4, -0.2) is 80.6 Å². The van der Waals surface area contributed by atoms with Gasteiger partial charge in [-0.3, -0.25) is 9.69 Å². The molecule has 2 aromatic rings. The molecule has 1 aliphatic heterocycles. The van der Waals surface area contributed by atoms with Crippen LogP contribution in [0, 0.1) is 6.92 Å². The Balaban J connectivity index is 2.17. The lowest BCUT2D eigenvalue weighted by Gasteiger charge is -2.38. The summed E-state index contributed by atoms with van der Waals surface area (Å²) in [4.78, 5) is 18.1. The van der Waals surface area contributed by atoms with Crippen molar-refractivity contribution in [2.45, 2.75) is 19.5 Å². The molecule has 170 valence electrons. The molecule has 1 aromatic carbocycles. The Bertz CT molecular complexity index is 951. The van der Waals surface area contributed by atoms with Crippen LogP contribution in [0.4, 0.5) is 0 Å². The predicted molar refractivity (Wildman–Crippen MR) is 119 cm³/mol. The van der Waals surface area contributed by atoms with Crippen molar-refractivity contribution in [1.82, 2.24) is 14.4 Å². The van der Waals surface area contributed by atoms with Gasteiger partial charge in [-0.15, -0.1) is 0 Å². The highest BCUT2D eigenvalue weighted by molar-refractivity contribution is 5.48. The van der Waals surface area contributed by atoms with Gasteiger partial charge in [-0.05, 0) is 37.7 Å². The van der Waals surface area contributed by atoms with E-state index in [2.05, 4.69) is 16.8 Å². The molecule has 0 aliphatic carbocycles. The SMILES string of the molecule is COCCn1c(C)cc(O)c(C(c2ccc(OC)c(OC)c2)N2CCN(C)CC2)c1=O. The monoisotopic (exact) mass is 431 g/mol. The average Bonchev–Trinajstić information content (AvgIpc) is 2.76. The number of aryl methyl sites for hydroxylation is 1. The molecule has 1 atom stereocenters. The Morgan fingerprint density at radius 3 is 2.32 bits per heavy atom. The number of likely N-dealkylation sites (N-methyl/N-ethyl adjacent to an activating group) is 1. The van der Waals surface area contributed by atoms with Gasteiger partial charge >= 0.3 is 0 Å². The van der Waals surface area contributed by atoms with Crippen LogP contribution in [0.2, 0.25) is 0 Å². The van der Waals surface area contributed by atoms with Gasteiger partial charge in [0.05, 0.1) is 32.4 Å². The van der Waals surface area contributed by atoms with Crippen LogP contribution in [0.15, 0.2) is 29.1 Å². The molecule has 1 fully saturated rings. The summed E-state index contributed by atoms with van der Waals surface area (Å²) in [5.41, 5.74) is 1.75. The fraction of sp³-hybridized carbons (Fsp3) is 0.522. The topological polar surface area (TPSA) is 76.4 Å². The van der Waals surface area contributed by atoms with Crippen LogP contribution in [-0.2, 0) is 11.3 Å². The van der Waals surface area contributed by atoms with E-state index in [0.29, 0.717) is 35.9 Å². The average molecular weight is 432 g/mol. The summed E-state index contributed by atoms with van der Waals surface area (Å²) in [6, 6.07) is 6.92. The van der Waals surface area contributed by atoms with E-state index in [9.17, 15) is 9.90 Å². The number of ether oxygens (including phenoxy) is 3. The summed E-state index contributed by atoms with van der Waals surface area (Å²) in [7, 11) is 6.88. The number of aromatic hydroxyl groups is 1. The molecule has 0 bridgehead atoms. The molecule has 1 N–H and O–H groups in total. The first kappa shape index (κ1) is 23.1. The first-order valence-electron chi connectivity index (χ1n) is 10.5. The first-order valence-corrected chi connectivity index (χ1v) is 10.5. The number of methoxy groups -OCH3 is 3. The van der Waals surface area contributed by atoms with Gasteiger partial charge < -0.3 is 28.8 Å². The number of aromatic nitrogens is 1. The van der Waals surface area contributed by atoms with E-state index in [-0.39, 0.29) is 11.3 Å². The summed E-state index contributed by atoms with van der Waals surface area (Å²) in [5, 5.41) is 10.9. The standard InChI is InChI=1S/C23H33N3O5/c1-16-14-18(27)21(23(28)26(16)12-13-29-3)22(25-10-8-24(2)9-11-25)17-6-7-19(30-4)20(15-17)31-5/h6-7,14-15,22,27H,8-13H2,1-5H3. The van der Waals surface area contributed by atoms with Gasteiger partial charge in [-0.1, -0.05) is 6.07 Å². The van der Waals surface area contributed by atoms with Gasteiger partial charge in [0, 0.05) is 45.5 Å². The number of rotatable bonds is 8. The smallest absolute Gasteiger partial charge is 0.259 e. The Morgan fingerprint density at radius 2 is 1.71 bits per heavy atom. The van der Waals surface area contributed by atoms with Gasteiger partial charge in [0.25, 0.3) is 5.56 Å². The van der Waals surface area contributed by atoms with E-state index in [0.717, 1.165) is 31.7 Å². The minimum Gasteiger partial charge on any atom is -0.507 e. The molecule has 0 radical (unpaired) electrons. The number of benzene rings is 1. The quantitative estimate of drug-likeness (QED) is 0.684. The van der Waals surface area contributed by atoms with Gasteiger partial charge in [-0.25, -0.2) is 0 Å². The highest BCUT2D eigenvalue weighted by Crippen LogP contribution is 2.37. The maximum atomic E-state index is 13.6. The second-order valence-corrected chi connectivity index (χ2v) is 7.89. The third-order valence-corrected chi connectivity index (χ3v) is 5.94. The van der Waals surface area contributed by atoms with Crippen molar-refractivity contribution in [3.63, 3.8) is 0 Å².